The van der Waals surface area contributed by atoms with Gasteiger partial charge in [-0.15, -0.1) is 0 Å². The zero-order valence-corrected chi connectivity index (χ0v) is 16.4. The van der Waals surface area contributed by atoms with Gasteiger partial charge < -0.3 is 9.80 Å². The maximum Gasteiger partial charge on any atom is 0.256 e. The molecule has 0 unspecified atom stereocenters. The van der Waals surface area contributed by atoms with Gasteiger partial charge in [0.2, 0.25) is 5.95 Å². The minimum atomic E-state index is 0.0133. The third-order valence-corrected chi connectivity index (χ3v) is 4.24. The third-order valence-electron chi connectivity index (χ3n) is 4.24. The lowest BCUT2D eigenvalue weighted by Gasteiger charge is -2.27. The highest BCUT2D eigenvalue weighted by atomic mass is 16.2. The molecule has 0 bridgehead atoms. The molecule has 0 saturated heterocycles. The quantitative estimate of drug-likeness (QED) is 0.679. The smallest absolute Gasteiger partial charge is 0.256 e. The van der Waals surface area contributed by atoms with Crippen molar-refractivity contribution in [2.75, 3.05) is 18.0 Å². The van der Waals surface area contributed by atoms with Crippen molar-refractivity contribution >= 4 is 11.9 Å². The molecule has 0 aliphatic heterocycles. The lowest BCUT2D eigenvalue weighted by atomic mass is 10.2. The summed E-state index contributed by atoms with van der Waals surface area (Å²) >= 11 is 0. The molecule has 1 heterocycles. The van der Waals surface area contributed by atoms with Gasteiger partial charge in [0.05, 0.1) is 5.56 Å². The Morgan fingerprint density at radius 1 is 1.00 bits per heavy atom. The first kappa shape index (κ1) is 19.9. The second kappa shape index (κ2) is 9.90. The minimum absolute atomic E-state index is 0.0133. The van der Waals surface area contributed by atoms with E-state index in [9.17, 15) is 4.79 Å². The van der Waals surface area contributed by atoms with E-state index in [1.54, 1.807) is 12.4 Å². The van der Waals surface area contributed by atoms with E-state index in [2.05, 4.69) is 54.7 Å². The summed E-state index contributed by atoms with van der Waals surface area (Å²) in [6, 6.07) is 10.5. The van der Waals surface area contributed by atoms with Crippen molar-refractivity contribution in [3.63, 3.8) is 0 Å². The molecule has 0 aliphatic carbocycles. The van der Waals surface area contributed by atoms with E-state index in [-0.39, 0.29) is 11.9 Å². The number of aromatic nitrogens is 2. The average molecular weight is 354 g/mol. The Hall–Kier alpha value is -2.43. The summed E-state index contributed by atoms with van der Waals surface area (Å²) in [6.45, 7) is 10.7. The molecule has 0 N–H and O–H groups in total. The molecule has 1 aromatic heterocycles. The molecule has 0 spiro atoms. The van der Waals surface area contributed by atoms with Crippen molar-refractivity contribution in [2.45, 2.75) is 53.1 Å². The first-order valence-corrected chi connectivity index (χ1v) is 9.48. The summed E-state index contributed by atoms with van der Waals surface area (Å²) in [5, 5.41) is 0. The maximum atomic E-state index is 12.7. The normalized spacial score (nSPS) is 10.8. The van der Waals surface area contributed by atoms with Gasteiger partial charge in [-0.3, -0.25) is 4.79 Å². The highest BCUT2D eigenvalue weighted by Crippen LogP contribution is 2.16. The van der Waals surface area contributed by atoms with E-state index >= 15 is 0 Å². The SMILES string of the molecule is CCCN(CCC)C(=O)c1cnc(N(Cc2ccccc2)C(C)C)nc1. The lowest BCUT2D eigenvalue weighted by molar-refractivity contribution is 0.0754. The molecule has 5 nitrogen and oxygen atoms in total. The first-order chi connectivity index (χ1) is 12.6. The summed E-state index contributed by atoms with van der Waals surface area (Å²) < 4.78 is 0. The maximum absolute atomic E-state index is 12.7. The number of benzene rings is 1. The number of hydrogen-bond donors (Lipinski definition) is 0. The predicted octanol–water partition coefficient (Wildman–Crippen LogP) is 4.15. The number of anilines is 1. The van der Waals surface area contributed by atoms with Crippen LogP contribution >= 0.6 is 0 Å². The van der Waals surface area contributed by atoms with Gasteiger partial charge in [0.15, 0.2) is 0 Å². The summed E-state index contributed by atoms with van der Waals surface area (Å²) in [5.74, 6) is 0.664. The molecule has 0 saturated carbocycles. The molecule has 0 fully saturated rings. The summed E-state index contributed by atoms with van der Waals surface area (Å²) in [4.78, 5) is 25.7. The number of carbonyl (C=O) groups is 1. The molecule has 26 heavy (non-hydrogen) atoms. The molecular formula is C21H30N4O. The van der Waals surface area contributed by atoms with E-state index in [1.807, 2.05) is 23.1 Å². The predicted molar refractivity (Wildman–Crippen MR) is 106 cm³/mol. The van der Waals surface area contributed by atoms with Crippen LogP contribution in [0.1, 0.15) is 56.5 Å². The van der Waals surface area contributed by atoms with Crippen molar-refractivity contribution in [2.24, 2.45) is 0 Å². The molecule has 0 atom stereocenters. The number of amides is 1. The number of carbonyl (C=O) groups excluding carboxylic acids is 1. The Morgan fingerprint density at radius 2 is 1.58 bits per heavy atom. The van der Waals surface area contributed by atoms with Crippen LogP contribution in [0.3, 0.4) is 0 Å². The Morgan fingerprint density at radius 3 is 2.08 bits per heavy atom. The van der Waals surface area contributed by atoms with E-state index in [0.29, 0.717) is 11.5 Å². The van der Waals surface area contributed by atoms with Crippen LogP contribution < -0.4 is 4.90 Å². The van der Waals surface area contributed by atoms with Crippen LogP contribution in [0.15, 0.2) is 42.7 Å². The van der Waals surface area contributed by atoms with E-state index < -0.39 is 0 Å². The Bertz CT molecular complexity index is 664. The third kappa shape index (κ3) is 5.28. The molecule has 2 aromatic rings. The fourth-order valence-electron chi connectivity index (χ4n) is 2.88. The van der Waals surface area contributed by atoms with Crippen molar-refractivity contribution in [3.8, 4) is 0 Å². The molecule has 2 rings (SSSR count). The van der Waals surface area contributed by atoms with Gasteiger partial charge in [-0.25, -0.2) is 9.97 Å². The average Bonchev–Trinajstić information content (AvgIpc) is 2.66. The Kier molecular flexibility index (Phi) is 7.57. The molecular weight excluding hydrogens is 324 g/mol. The number of rotatable bonds is 9. The van der Waals surface area contributed by atoms with Gasteiger partial charge in [-0.05, 0) is 32.3 Å². The topological polar surface area (TPSA) is 49.3 Å². The van der Waals surface area contributed by atoms with Crippen LogP contribution in [0.25, 0.3) is 0 Å². The highest BCUT2D eigenvalue weighted by Gasteiger charge is 2.18. The van der Waals surface area contributed by atoms with Gasteiger partial charge in [-0.2, -0.15) is 0 Å². The highest BCUT2D eigenvalue weighted by molar-refractivity contribution is 5.93. The van der Waals surface area contributed by atoms with E-state index in [0.717, 1.165) is 32.5 Å². The Labute approximate surface area is 157 Å². The summed E-state index contributed by atoms with van der Waals surface area (Å²) in [7, 11) is 0. The molecule has 0 aliphatic rings. The van der Waals surface area contributed by atoms with Crippen LogP contribution in [0.5, 0.6) is 0 Å². The second-order valence-corrected chi connectivity index (χ2v) is 6.77. The molecule has 1 aromatic carbocycles. The zero-order valence-electron chi connectivity index (χ0n) is 16.4. The van der Waals surface area contributed by atoms with Gasteiger partial charge in [0.1, 0.15) is 0 Å². The monoisotopic (exact) mass is 354 g/mol. The summed E-state index contributed by atoms with van der Waals surface area (Å²) in [6.07, 6.45) is 5.21. The van der Waals surface area contributed by atoms with E-state index in [4.69, 9.17) is 0 Å². The number of hydrogen-bond acceptors (Lipinski definition) is 4. The van der Waals surface area contributed by atoms with Crippen molar-refractivity contribution in [3.05, 3.63) is 53.9 Å². The zero-order chi connectivity index (χ0) is 18.9. The van der Waals surface area contributed by atoms with Gasteiger partial charge in [-0.1, -0.05) is 44.2 Å². The van der Waals surface area contributed by atoms with Crippen LogP contribution in [0.2, 0.25) is 0 Å². The van der Waals surface area contributed by atoms with Crippen LogP contribution in [0, 0.1) is 0 Å². The van der Waals surface area contributed by atoms with Crippen LogP contribution in [-0.2, 0) is 6.54 Å². The molecule has 5 heteroatoms. The first-order valence-electron chi connectivity index (χ1n) is 9.48. The lowest BCUT2D eigenvalue weighted by Crippen LogP contribution is -2.34. The van der Waals surface area contributed by atoms with E-state index in [1.165, 1.54) is 5.56 Å². The Balaban J connectivity index is 2.16. The van der Waals surface area contributed by atoms with Crippen molar-refractivity contribution < 1.29 is 4.79 Å². The fourth-order valence-corrected chi connectivity index (χ4v) is 2.88. The standard InChI is InChI=1S/C21H30N4O/c1-5-12-24(13-6-2)20(26)19-14-22-21(23-15-19)25(17(3)4)16-18-10-8-7-9-11-18/h7-11,14-15,17H,5-6,12-13,16H2,1-4H3. The van der Waals surface area contributed by atoms with Crippen molar-refractivity contribution in [1.82, 2.24) is 14.9 Å². The fraction of sp³-hybridized carbons (Fsp3) is 0.476. The number of nitrogens with zero attached hydrogens (tertiary/aromatic N) is 4. The minimum Gasteiger partial charge on any atom is -0.339 e. The van der Waals surface area contributed by atoms with Crippen LogP contribution in [-0.4, -0.2) is 39.9 Å². The van der Waals surface area contributed by atoms with Gasteiger partial charge in [0.25, 0.3) is 5.91 Å². The molecule has 140 valence electrons. The van der Waals surface area contributed by atoms with Gasteiger partial charge >= 0.3 is 0 Å². The second-order valence-electron chi connectivity index (χ2n) is 6.77. The summed E-state index contributed by atoms with van der Waals surface area (Å²) in [5.41, 5.74) is 1.76. The largest absolute Gasteiger partial charge is 0.339 e. The van der Waals surface area contributed by atoms with Crippen molar-refractivity contribution in [1.29, 1.82) is 0 Å². The van der Waals surface area contributed by atoms with Gasteiger partial charge in [0, 0.05) is 38.1 Å². The van der Waals surface area contributed by atoms with Crippen LogP contribution in [0.4, 0.5) is 5.95 Å². The molecule has 1 amide bonds. The molecule has 0 radical (unpaired) electrons.